The molecule has 0 bridgehead atoms. The summed E-state index contributed by atoms with van der Waals surface area (Å²) in [6, 6.07) is 14.2. The van der Waals surface area contributed by atoms with Crippen molar-refractivity contribution in [3.05, 3.63) is 59.9 Å². The normalized spacial score (nSPS) is 10.8. The first-order valence-electron chi connectivity index (χ1n) is 6.61. The van der Waals surface area contributed by atoms with Crippen LogP contribution in [0.2, 0.25) is 0 Å². The Morgan fingerprint density at radius 1 is 1.10 bits per heavy atom. The van der Waals surface area contributed by atoms with Gasteiger partial charge in [-0.1, -0.05) is 30.3 Å². The highest BCUT2D eigenvalue weighted by molar-refractivity contribution is 5.53. The Labute approximate surface area is 121 Å². The number of nitrogens with two attached hydrogens (primary N) is 1. The van der Waals surface area contributed by atoms with Crippen molar-refractivity contribution in [1.82, 2.24) is 20.2 Å². The van der Waals surface area contributed by atoms with Crippen LogP contribution in [0.5, 0.6) is 0 Å². The molecule has 0 saturated heterocycles. The van der Waals surface area contributed by atoms with Gasteiger partial charge in [-0.15, -0.1) is 15.0 Å². The third-order valence-corrected chi connectivity index (χ3v) is 3.05. The van der Waals surface area contributed by atoms with Crippen molar-refractivity contribution in [2.75, 3.05) is 6.54 Å². The van der Waals surface area contributed by atoms with E-state index in [-0.39, 0.29) is 5.82 Å². The average Bonchev–Trinajstić information content (AvgIpc) is 2.98. The van der Waals surface area contributed by atoms with Gasteiger partial charge in [0.05, 0.1) is 5.69 Å². The van der Waals surface area contributed by atoms with Crippen molar-refractivity contribution in [1.29, 1.82) is 0 Å². The van der Waals surface area contributed by atoms with E-state index in [4.69, 9.17) is 5.73 Å². The Hall–Kier alpha value is -2.60. The smallest absolute Gasteiger partial charge is 0.205 e. The number of benzene rings is 2. The Balaban J connectivity index is 1.96. The van der Waals surface area contributed by atoms with Gasteiger partial charge in [-0.05, 0) is 35.9 Å². The Kier molecular flexibility index (Phi) is 3.70. The van der Waals surface area contributed by atoms with Crippen molar-refractivity contribution in [3.8, 4) is 17.1 Å². The maximum atomic E-state index is 13.6. The lowest BCUT2D eigenvalue weighted by Gasteiger charge is -2.03. The molecule has 21 heavy (non-hydrogen) atoms. The molecule has 1 heterocycles. The summed E-state index contributed by atoms with van der Waals surface area (Å²) in [7, 11) is 0. The molecular weight excluding hydrogens is 269 g/mol. The lowest BCUT2D eigenvalue weighted by atomic mass is 10.1. The van der Waals surface area contributed by atoms with Crippen molar-refractivity contribution in [3.63, 3.8) is 0 Å². The molecule has 0 atom stereocenters. The van der Waals surface area contributed by atoms with Crippen LogP contribution < -0.4 is 5.73 Å². The molecule has 0 aliphatic carbocycles. The van der Waals surface area contributed by atoms with Crippen molar-refractivity contribution in [2.45, 2.75) is 6.42 Å². The lowest BCUT2D eigenvalue weighted by molar-refractivity contribution is 0.618. The molecule has 1 aromatic heterocycles. The van der Waals surface area contributed by atoms with Crippen molar-refractivity contribution >= 4 is 0 Å². The van der Waals surface area contributed by atoms with Gasteiger partial charge in [-0.2, -0.15) is 0 Å². The fourth-order valence-corrected chi connectivity index (χ4v) is 2.09. The van der Waals surface area contributed by atoms with Crippen LogP contribution in [0.15, 0.2) is 48.5 Å². The minimum absolute atomic E-state index is 0.338. The van der Waals surface area contributed by atoms with Gasteiger partial charge in [-0.3, -0.25) is 0 Å². The van der Waals surface area contributed by atoms with Gasteiger partial charge in [0.1, 0.15) is 5.82 Å². The highest BCUT2D eigenvalue weighted by Crippen LogP contribution is 2.16. The molecule has 0 radical (unpaired) electrons. The summed E-state index contributed by atoms with van der Waals surface area (Å²) in [6.45, 7) is 0.461. The van der Waals surface area contributed by atoms with Crippen LogP contribution >= 0.6 is 0 Å². The van der Waals surface area contributed by atoms with Crippen LogP contribution in [0.3, 0.4) is 0 Å². The summed E-state index contributed by atoms with van der Waals surface area (Å²) >= 11 is 0. The summed E-state index contributed by atoms with van der Waals surface area (Å²) in [5.74, 6) is 0.162. The number of halogens is 1. The highest BCUT2D eigenvalue weighted by Gasteiger charge is 2.09. The molecule has 3 rings (SSSR count). The molecule has 0 amide bonds. The summed E-state index contributed by atoms with van der Waals surface area (Å²) in [5, 5.41) is 12.3. The summed E-state index contributed by atoms with van der Waals surface area (Å²) in [5.41, 5.74) is 7.72. The van der Waals surface area contributed by atoms with E-state index in [1.54, 1.807) is 0 Å². The van der Waals surface area contributed by atoms with E-state index in [1.807, 2.05) is 36.4 Å². The molecule has 0 aliphatic rings. The summed E-state index contributed by atoms with van der Waals surface area (Å²) in [6.07, 6.45) is 0.602. The monoisotopic (exact) mass is 283 g/mol. The lowest BCUT2D eigenvalue weighted by Crippen LogP contribution is -2.05. The third kappa shape index (κ3) is 2.95. The van der Waals surface area contributed by atoms with Crippen LogP contribution in [0.25, 0.3) is 17.1 Å². The zero-order chi connectivity index (χ0) is 14.7. The van der Waals surface area contributed by atoms with E-state index in [9.17, 15) is 4.39 Å². The summed E-state index contributed by atoms with van der Waals surface area (Å²) < 4.78 is 13.6. The number of hydrogen-bond donors (Lipinski definition) is 1. The average molecular weight is 283 g/mol. The zero-order valence-electron chi connectivity index (χ0n) is 11.3. The standard InChI is InChI=1S/C15H14FN5/c16-13-8-11(6-7-17)9-14(10-13)21-19-15(18-20-21)12-4-2-1-3-5-12/h1-5,8-10H,6-7,17H2. The first-order valence-corrected chi connectivity index (χ1v) is 6.61. The molecule has 6 heteroatoms. The van der Waals surface area contributed by atoms with Gasteiger partial charge >= 0.3 is 0 Å². The van der Waals surface area contributed by atoms with Crippen LogP contribution in [-0.4, -0.2) is 26.8 Å². The van der Waals surface area contributed by atoms with E-state index in [2.05, 4.69) is 15.4 Å². The van der Waals surface area contributed by atoms with Gasteiger partial charge in [0.2, 0.25) is 5.82 Å². The highest BCUT2D eigenvalue weighted by atomic mass is 19.1. The zero-order valence-corrected chi connectivity index (χ0v) is 11.3. The molecular formula is C15H14FN5. The van der Waals surface area contributed by atoms with Crippen LogP contribution in [0.4, 0.5) is 4.39 Å². The number of tetrazole rings is 1. The first-order chi connectivity index (χ1) is 10.3. The van der Waals surface area contributed by atoms with Gasteiger partial charge < -0.3 is 5.73 Å². The second-order valence-corrected chi connectivity index (χ2v) is 4.62. The fourth-order valence-electron chi connectivity index (χ4n) is 2.09. The van der Waals surface area contributed by atoms with Crippen molar-refractivity contribution in [2.24, 2.45) is 5.73 Å². The predicted octanol–water partition coefficient (Wildman–Crippen LogP) is 1.97. The number of aromatic nitrogens is 4. The minimum atomic E-state index is -0.338. The second kappa shape index (κ2) is 5.80. The second-order valence-electron chi connectivity index (χ2n) is 4.62. The molecule has 5 nitrogen and oxygen atoms in total. The van der Waals surface area contributed by atoms with Gasteiger partial charge in [0, 0.05) is 11.6 Å². The van der Waals surface area contributed by atoms with Crippen molar-refractivity contribution < 1.29 is 4.39 Å². The predicted molar refractivity (Wildman–Crippen MR) is 77.3 cm³/mol. The molecule has 0 spiro atoms. The molecule has 2 N–H and O–H groups in total. The first kappa shape index (κ1) is 13.4. The van der Waals surface area contributed by atoms with Crippen LogP contribution in [0.1, 0.15) is 5.56 Å². The third-order valence-electron chi connectivity index (χ3n) is 3.05. The van der Waals surface area contributed by atoms with E-state index < -0.39 is 0 Å². The number of rotatable bonds is 4. The van der Waals surface area contributed by atoms with Crippen LogP contribution in [0, 0.1) is 5.82 Å². The maximum absolute atomic E-state index is 13.6. The minimum Gasteiger partial charge on any atom is -0.330 e. The quantitative estimate of drug-likeness (QED) is 0.794. The Morgan fingerprint density at radius 2 is 1.90 bits per heavy atom. The SMILES string of the molecule is NCCc1cc(F)cc(-n2nnc(-c3ccccc3)n2)c1. The topological polar surface area (TPSA) is 69.6 Å². The fraction of sp³-hybridized carbons (Fsp3) is 0.133. The largest absolute Gasteiger partial charge is 0.330 e. The van der Waals surface area contributed by atoms with E-state index in [0.717, 1.165) is 11.1 Å². The summed E-state index contributed by atoms with van der Waals surface area (Å²) in [4.78, 5) is 1.32. The van der Waals surface area contributed by atoms with E-state index in [1.165, 1.54) is 16.9 Å². The molecule has 0 aliphatic heterocycles. The number of hydrogen-bond acceptors (Lipinski definition) is 4. The molecule has 2 aromatic carbocycles. The maximum Gasteiger partial charge on any atom is 0.205 e. The van der Waals surface area contributed by atoms with Gasteiger partial charge in [-0.25, -0.2) is 4.39 Å². The molecule has 3 aromatic rings. The van der Waals surface area contributed by atoms with E-state index in [0.29, 0.717) is 24.5 Å². The molecule has 0 unspecified atom stereocenters. The van der Waals surface area contributed by atoms with E-state index >= 15 is 0 Å². The molecule has 106 valence electrons. The van der Waals surface area contributed by atoms with Gasteiger partial charge in [0.15, 0.2) is 0 Å². The molecule has 0 saturated carbocycles. The van der Waals surface area contributed by atoms with Gasteiger partial charge in [0.25, 0.3) is 0 Å². The Morgan fingerprint density at radius 3 is 2.67 bits per heavy atom. The Bertz CT molecular complexity index is 739. The molecule has 0 fully saturated rings. The van der Waals surface area contributed by atoms with Crippen LogP contribution in [-0.2, 0) is 6.42 Å². The number of nitrogens with zero attached hydrogens (tertiary/aromatic N) is 4.